The second kappa shape index (κ2) is 4.45. The van der Waals surface area contributed by atoms with E-state index in [0.717, 1.165) is 24.9 Å². The Kier molecular flexibility index (Phi) is 2.95. The molecule has 3 atom stereocenters. The highest BCUT2D eigenvalue weighted by atomic mass is 15.1. The fraction of sp³-hybridized carbons (Fsp3) is 0.786. The Morgan fingerprint density at radius 3 is 2.82 bits per heavy atom. The zero-order valence-electron chi connectivity index (χ0n) is 10.9. The van der Waals surface area contributed by atoms with Crippen LogP contribution in [0.1, 0.15) is 50.8 Å². The molecular weight excluding hydrogens is 210 g/mol. The molecule has 1 aromatic heterocycles. The van der Waals surface area contributed by atoms with Gasteiger partial charge in [-0.15, -0.1) is 0 Å². The standard InChI is InChI=1S/C14H23N3/c1-3-11-4-5-13(10(11)2)17-9-16-8-14(17)12-6-15-7-12/h8-13,15H,3-7H2,1-2H3. The van der Waals surface area contributed by atoms with Crippen molar-refractivity contribution >= 4 is 0 Å². The zero-order chi connectivity index (χ0) is 11.8. The number of aromatic nitrogens is 2. The molecule has 1 N–H and O–H groups in total. The van der Waals surface area contributed by atoms with Gasteiger partial charge in [0.15, 0.2) is 0 Å². The van der Waals surface area contributed by atoms with Crippen LogP contribution in [0, 0.1) is 11.8 Å². The molecule has 3 unspecified atom stereocenters. The molecule has 0 radical (unpaired) electrons. The van der Waals surface area contributed by atoms with Crippen molar-refractivity contribution < 1.29 is 0 Å². The van der Waals surface area contributed by atoms with Crippen molar-refractivity contribution in [3.05, 3.63) is 18.2 Å². The van der Waals surface area contributed by atoms with E-state index in [9.17, 15) is 0 Å². The quantitative estimate of drug-likeness (QED) is 0.869. The molecule has 1 saturated heterocycles. The summed E-state index contributed by atoms with van der Waals surface area (Å²) in [5.41, 5.74) is 1.46. The Hall–Kier alpha value is -0.830. The maximum absolute atomic E-state index is 4.39. The van der Waals surface area contributed by atoms with Crippen LogP contribution in [0.15, 0.2) is 12.5 Å². The number of hydrogen-bond acceptors (Lipinski definition) is 2. The van der Waals surface area contributed by atoms with E-state index in [0.29, 0.717) is 12.0 Å². The topological polar surface area (TPSA) is 29.9 Å². The van der Waals surface area contributed by atoms with E-state index in [1.165, 1.54) is 25.0 Å². The largest absolute Gasteiger partial charge is 0.331 e. The summed E-state index contributed by atoms with van der Waals surface area (Å²) in [4.78, 5) is 4.39. The molecule has 2 heterocycles. The highest BCUT2D eigenvalue weighted by molar-refractivity contribution is 5.13. The Morgan fingerprint density at radius 2 is 2.24 bits per heavy atom. The lowest BCUT2D eigenvalue weighted by atomic mass is 9.92. The molecule has 1 aromatic rings. The fourth-order valence-corrected chi connectivity index (χ4v) is 3.60. The van der Waals surface area contributed by atoms with Crippen LogP contribution in [0.4, 0.5) is 0 Å². The summed E-state index contributed by atoms with van der Waals surface area (Å²) >= 11 is 0. The summed E-state index contributed by atoms with van der Waals surface area (Å²) in [7, 11) is 0. The van der Waals surface area contributed by atoms with Crippen LogP contribution >= 0.6 is 0 Å². The van der Waals surface area contributed by atoms with Crippen LogP contribution in [-0.2, 0) is 0 Å². The second-order valence-electron chi connectivity index (χ2n) is 5.75. The first-order chi connectivity index (χ1) is 8.31. The van der Waals surface area contributed by atoms with E-state index >= 15 is 0 Å². The monoisotopic (exact) mass is 233 g/mol. The van der Waals surface area contributed by atoms with E-state index in [1.807, 2.05) is 0 Å². The third-order valence-electron chi connectivity index (χ3n) is 4.96. The molecule has 3 heteroatoms. The molecule has 0 bridgehead atoms. The molecule has 2 aliphatic rings. The lowest BCUT2D eigenvalue weighted by molar-refractivity contribution is 0.313. The third-order valence-corrected chi connectivity index (χ3v) is 4.96. The molecule has 0 spiro atoms. The van der Waals surface area contributed by atoms with E-state index < -0.39 is 0 Å². The first-order valence-corrected chi connectivity index (χ1v) is 7.03. The molecular formula is C14H23N3. The number of imidazole rings is 1. The molecule has 3 rings (SSSR count). The summed E-state index contributed by atoms with van der Waals surface area (Å²) < 4.78 is 2.48. The van der Waals surface area contributed by atoms with Gasteiger partial charge in [0, 0.05) is 36.9 Å². The van der Waals surface area contributed by atoms with E-state index in [-0.39, 0.29) is 0 Å². The van der Waals surface area contributed by atoms with Gasteiger partial charge < -0.3 is 9.88 Å². The Balaban J connectivity index is 1.82. The SMILES string of the molecule is CCC1CCC(n2cncc2C2CNC2)C1C. The van der Waals surface area contributed by atoms with Gasteiger partial charge in [-0.25, -0.2) is 4.98 Å². The second-order valence-corrected chi connectivity index (χ2v) is 5.75. The van der Waals surface area contributed by atoms with Gasteiger partial charge in [-0.3, -0.25) is 0 Å². The highest BCUT2D eigenvalue weighted by Crippen LogP contribution is 2.42. The van der Waals surface area contributed by atoms with Crippen LogP contribution in [0.2, 0.25) is 0 Å². The average molecular weight is 233 g/mol. The van der Waals surface area contributed by atoms with Gasteiger partial charge in [0.2, 0.25) is 0 Å². The molecule has 1 aliphatic heterocycles. The van der Waals surface area contributed by atoms with Crippen molar-refractivity contribution in [2.75, 3.05) is 13.1 Å². The molecule has 94 valence electrons. The number of nitrogens with one attached hydrogen (secondary N) is 1. The summed E-state index contributed by atoms with van der Waals surface area (Å²) in [5, 5.41) is 3.36. The lowest BCUT2D eigenvalue weighted by Crippen LogP contribution is -2.41. The minimum atomic E-state index is 0.693. The van der Waals surface area contributed by atoms with Crippen LogP contribution in [0.5, 0.6) is 0 Å². The van der Waals surface area contributed by atoms with Gasteiger partial charge in [-0.2, -0.15) is 0 Å². The smallest absolute Gasteiger partial charge is 0.0950 e. The number of nitrogens with zero attached hydrogens (tertiary/aromatic N) is 2. The Labute approximate surface area is 104 Å². The van der Waals surface area contributed by atoms with E-state index in [2.05, 4.69) is 41.2 Å². The van der Waals surface area contributed by atoms with Gasteiger partial charge in [0.25, 0.3) is 0 Å². The molecule has 0 aromatic carbocycles. The van der Waals surface area contributed by atoms with Crippen molar-refractivity contribution in [1.82, 2.24) is 14.9 Å². The summed E-state index contributed by atoms with van der Waals surface area (Å²) in [6.07, 6.45) is 8.20. The Morgan fingerprint density at radius 1 is 1.41 bits per heavy atom. The molecule has 2 fully saturated rings. The van der Waals surface area contributed by atoms with Crippen molar-refractivity contribution in [2.24, 2.45) is 11.8 Å². The summed E-state index contributed by atoms with van der Waals surface area (Å²) in [6, 6.07) is 0.693. The maximum atomic E-state index is 4.39. The predicted molar refractivity (Wildman–Crippen MR) is 69.1 cm³/mol. The fourth-order valence-electron chi connectivity index (χ4n) is 3.60. The van der Waals surface area contributed by atoms with Crippen molar-refractivity contribution in [3.63, 3.8) is 0 Å². The van der Waals surface area contributed by atoms with Gasteiger partial charge in [0.1, 0.15) is 0 Å². The van der Waals surface area contributed by atoms with Gasteiger partial charge in [-0.05, 0) is 24.7 Å². The molecule has 17 heavy (non-hydrogen) atoms. The van der Waals surface area contributed by atoms with Crippen molar-refractivity contribution in [3.8, 4) is 0 Å². The number of rotatable bonds is 3. The van der Waals surface area contributed by atoms with Gasteiger partial charge in [0.05, 0.1) is 6.33 Å². The van der Waals surface area contributed by atoms with E-state index in [4.69, 9.17) is 0 Å². The molecule has 3 nitrogen and oxygen atoms in total. The predicted octanol–water partition coefficient (Wildman–Crippen LogP) is 2.57. The van der Waals surface area contributed by atoms with Gasteiger partial charge >= 0.3 is 0 Å². The van der Waals surface area contributed by atoms with Crippen LogP contribution < -0.4 is 5.32 Å². The first kappa shape index (κ1) is 11.3. The average Bonchev–Trinajstić information content (AvgIpc) is 2.82. The zero-order valence-corrected chi connectivity index (χ0v) is 10.9. The highest BCUT2D eigenvalue weighted by Gasteiger charge is 2.35. The van der Waals surface area contributed by atoms with Crippen LogP contribution in [-0.4, -0.2) is 22.6 Å². The minimum Gasteiger partial charge on any atom is -0.331 e. The molecule has 0 amide bonds. The van der Waals surface area contributed by atoms with Crippen molar-refractivity contribution in [1.29, 1.82) is 0 Å². The van der Waals surface area contributed by atoms with Crippen LogP contribution in [0.25, 0.3) is 0 Å². The van der Waals surface area contributed by atoms with Gasteiger partial charge in [-0.1, -0.05) is 20.3 Å². The maximum Gasteiger partial charge on any atom is 0.0950 e. The summed E-state index contributed by atoms with van der Waals surface area (Å²) in [5.74, 6) is 2.42. The van der Waals surface area contributed by atoms with Crippen molar-refractivity contribution in [2.45, 2.75) is 45.1 Å². The normalized spacial score (nSPS) is 33.9. The summed E-state index contributed by atoms with van der Waals surface area (Å²) in [6.45, 7) is 7.01. The van der Waals surface area contributed by atoms with Crippen LogP contribution in [0.3, 0.4) is 0 Å². The first-order valence-electron chi connectivity index (χ1n) is 7.03. The van der Waals surface area contributed by atoms with E-state index in [1.54, 1.807) is 0 Å². The lowest BCUT2D eigenvalue weighted by Gasteiger charge is -2.31. The minimum absolute atomic E-state index is 0.693. The molecule has 1 aliphatic carbocycles. The number of hydrogen-bond donors (Lipinski definition) is 1. The Bertz CT molecular complexity index is 381. The third kappa shape index (κ3) is 1.81. The molecule has 1 saturated carbocycles.